The Balaban J connectivity index is 2.58. The molecular formula is C15H20ClNO3. The molecule has 4 nitrogen and oxygen atoms in total. The summed E-state index contributed by atoms with van der Waals surface area (Å²) in [6.45, 7) is 4.06. The number of halogens is 1. The van der Waals surface area contributed by atoms with Crippen LogP contribution in [0.1, 0.15) is 32.3 Å². The van der Waals surface area contributed by atoms with E-state index in [9.17, 15) is 9.59 Å². The maximum atomic E-state index is 12.1. The maximum Gasteiger partial charge on any atom is 0.303 e. The predicted molar refractivity (Wildman–Crippen MR) is 78.6 cm³/mol. The fourth-order valence-corrected chi connectivity index (χ4v) is 2.09. The van der Waals surface area contributed by atoms with Gasteiger partial charge in [-0.2, -0.15) is 0 Å². The van der Waals surface area contributed by atoms with Crippen LogP contribution < -0.4 is 0 Å². The monoisotopic (exact) mass is 297 g/mol. The molecule has 0 aromatic heterocycles. The Morgan fingerprint density at radius 1 is 1.20 bits per heavy atom. The fourth-order valence-electron chi connectivity index (χ4n) is 1.97. The van der Waals surface area contributed by atoms with E-state index in [4.69, 9.17) is 16.7 Å². The quantitative estimate of drug-likeness (QED) is 0.877. The normalized spacial score (nSPS) is 11.2. The first kappa shape index (κ1) is 16.5. The molecule has 1 aromatic carbocycles. The molecule has 20 heavy (non-hydrogen) atoms. The third kappa shape index (κ3) is 5.61. The molecule has 1 rings (SSSR count). The number of carboxylic acids is 1. The van der Waals surface area contributed by atoms with Crippen molar-refractivity contribution >= 4 is 23.5 Å². The average Bonchev–Trinajstić information content (AvgIpc) is 2.29. The van der Waals surface area contributed by atoms with Gasteiger partial charge in [0, 0.05) is 25.0 Å². The van der Waals surface area contributed by atoms with Crippen molar-refractivity contribution < 1.29 is 14.7 Å². The highest BCUT2D eigenvalue weighted by atomic mass is 35.5. The van der Waals surface area contributed by atoms with Crippen LogP contribution in [0.15, 0.2) is 24.3 Å². The number of nitrogens with zero attached hydrogens (tertiary/aromatic N) is 1. The lowest BCUT2D eigenvalue weighted by atomic mass is 9.85. The molecule has 1 aromatic rings. The molecule has 0 saturated heterocycles. The summed E-state index contributed by atoms with van der Waals surface area (Å²) in [4.78, 5) is 24.5. The van der Waals surface area contributed by atoms with Crippen LogP contribution >= 0.6 is 11.6 Å². The minimum Gasteiger partial charge on any atom is -0.481 e. The minimum atomic E-state index is -0.886. The summed E-state index contributed by atoms with van der Waals surface area (Å²) in [6, 6.07) is 7.30. The molecule has 1 amide bonds. The molecule has 1 N–H and O–H groups in total. The first-order valence-electron chi connectivity index (χ1n) is 6.40. The molecule has 0 unspecified atom stereocenters. The second kappa shape index (κ2) is 6.75. The zero-order valence-electron chi connectivity index (χ0n) is 12.0. The molecule has 0 radical (unpaired) electrons. The van der Waals surface area contributed by atoms with E-state index >= 15 is 0 Å². The standard InChI is InChI=1S/C15H20ClNO3/c1-15(2,9-14(19)20)8-13(18)17(3)10-11-4-6-12(16)7-5-11/h4-7H,8-10H2,1-3H3,(H,19,20). The summed E-state index contributed by atoms with van der Waals surface area (Å²) in [5.41, 5.74) is 0.443. The second-order valence-electron chi connectivity index (χ2n) is 5.79. The van der Waals surface area contributed by atoms with Gasteiger partial charge >= 0.3 is 5.97 Å². The summed E-state index contributed by atoms with van der Waals surface area (Å²) < 4.78 is 0. The topological polar surface area (TPSA) is 57.6 Å². The van der Waals surface area contributed by atoms with Gasteiger partial charge in [0.25, 0.3) is 0 Å². The SMILES string of the molecule is CN(Cc1ccc(Cl)cc1)C(=O)CC(C)(C)CC(=O)O. The highest BCUT2D eigenvalue weighted by Gasteiger charge is 2.26. The predicted octanol–water partition coefficient (Wildman–Crippen LogP) is 3.19. The highest BCUT2D eigenvalue weighted by molar-refractivity contribution is 6.30. The zero-order valence-corrected chi connectivity index (χ0v) is 12.8. The molecule has 5 heteroatoms. The molecule has 0 aliphatic heterocycles. The molecule has 0 aliphatic rings. The van der Waals surface area contributed by atoms with Crippen LogP contribution in [0.5, 0.6) is 0 Å². The van der Waals surface area contributed by atoms with Gasteiger partial charge in [0.15, 0.2) is 0 Å². The van der Waals surface area contributed by atoms with E-state index in [0.29, 0.717) is 11.6 Å². The zero-order chi connectivity index (χ0) is 15.3. The molecule has 0 saturated carbocycles. The lowest BCUT2D eigenvalue weighted by Gasteiger charge is -2.25. The number of hydrogen-bond donors (Lipinski definition) is 1. The third-order valence-electron chi connectivity index (χ3n) is 3.02. The van der Waals surface area contributed by atoms with Crippen molar-refractivity contribution in [1.82, 2.24) is 4.90 Å². The Bertz CT molecular complexity index is 482. The summed E-state index contributed by atoms with van der Waals surface area (Å²) in [5.74, 6) is -0.950. The van der Waals surface area contributed by atoms with Gasteiger partial charge in [-0.25, -0.2) is 0 Å². The van der Waals surface area contributed by atoms with Crippen molar-refractivity contribution in [2.45, 2.75) is 33.2 Å². The van der Waals surface area contributed by atoms with E-state index < -0.39 is 11.4 Å². The van der Waals surface area contributed by atoms with Crippen molar-refractivity contribution in [3.8, 4) is 0 Å². The smallest absolute Gasteiger partial charge is 0.303 e. The van der Waals surface area contributed by atoms with E-state index in [1.807, 2.05) is 12.1 Å². The highest BCUT2D eigenvalue weighted by Crippen LogP contribution is 2.26. The average molecular weight is 298 g/mol. The Kier molecular flexibility index (Phi) is 5.57. The van der Waals surface area contributed by atoms with E-state index in [1.165, 1.54) is 0 Å². The maximum absolute atomic E-state index is 12.1. The Morgan fingerprint density at radius 2 is 1.75 bits per heavy atom. The van der Waals surface area contributed by atoms with Gasteiger partial charge in [-0.3, -0.25) is 9.59 Å². The van der Waals surface area contributed by atoms with Crippen LogP contribution in [0.3, 0.4) is 0 Å². The molecule has 0 atom stereocenters. The van der Waals surface area contributed by atoms with Crippen molar-refractivity contribution in [3.63, 3.8) is 0 Å². The van der Waals surface area contributed by atoms with Crippen LogP contribution in [-0.2, 0) is 16.1 Å². The fraction of sp³-hybridized carbons (Fsp3) is 0.467. The number of amides is 1. The summed E-state index contributed by atoms with van der Waals surface area (Å²) in [6.07, 6.45) is 0.191. The van der Waals surface area contributed by atoms with Crippen molar-refractivity contribution in [2.75, 3.05) is 7.05 Å². The van der Waals surface area contributed by atoms with Gasteiger partial charge in [0.1, 0.15) is 0 Å². The van der Waals surface area contributed by atoms with E-state index in [0.717, 1.165) is 5.56 Å². The Labute approximate surface area is 124 Å². The van der Waals surface area contributed by atoms with E-state index in [2.05, 4.69) is 0 Å². The van der Waals surface area contributed by atoms with Gasteiger partial charge in [-0.05, 0) is 23.1 Å². The van der Waals surface area contributed by atoms with E-state index in [1.54, 1.807) is 37.9 Å². The summed E-state index contributed by atoms with van der Waals surface area (Å²) in [5, 5.41) is 9.48. The van der Waals surface area contributed by atoms with Crippen molar-refractivity contribution in [1.29, 1.82) is 0 Å². The molecule has 0 aliphatic carbocycles. The number of rotatable bonds is 6. The van der Waals surface area contributed by atoms with Crippen LogP contribution in [-0.4, -0.2) is 28.9 Å². The lowest BCUT2D eigenvalue weighted by molar-refractivity contribution is -0.140. The molecular weight excluding hydrogens is 278 g/mol. The van der Waals surface area contributed by atoms with E-state index in [-0.39, 0.29) is 18.7 Å². The van der Waals surface area contributed by atoms with Crippen LogP contribution in [0.2, 0.25) is 5.02 Å². The molecule has 0 heterocycles. The second-order valence-corrected chi connectivity index (χ2v) is 6.22. The van der Waals surface area contributed by atoms with Gasteiger partial charge in [-0.15, -0.1) is 0 Å². The first-order chi connectivity index (χ1) is 9.19. The molecule has 0 bridgehead atoms. The van der Waals surface area contributed by atoms with Gasteiger partial charge < -0.3 is 10.0 Å². The van der Waals surface area contributed by atoms with Crippen LogP contribution in [0.25, 0.3) is 0 Å². The minimum absolute atomic E-state index is 0.0203. The van der Waals surface area contributed by atoms with Gasteiger partial charge in [-0.1, -0.05) is 37.6 Å². The number of benzene rings is 1. The number of carbonyl (C=O) groups is 2. The molecule has 0 spiro atoms. The number of hydrogen-bond acceptors (Lipinski definition) is 2. The summed E-state index contributed by atoms with van der Waals surface area (Å²) >= 11 is 5.81. The van der Waals surface area contributed by atoms with Crippen LogP contribution in [0.4, 0.5) is 0 Å². The van der Waals surface area contributed by atoms with Crippen molar-refractivity contribution in [3.05, 3.63) is 34.9 Å². The Hall–Kier alpha value is -1.55. The van der Waals surface area contributed by atoms with Crippen LogP contribution in [0, 0.1) is 5.41 Å². The number of aliphatic carboxylic acids is 1. The summed E-state index contributed by atoms with van der Waals surface area (Å²) in [7, 11) is 1.72. The lowest BCUT2D eigenvalue weighted by Crippen LogP contribution is -2.31. The Morgan fingerprint density at radius 3 is 2.25 bits per heavy atom. The largest absolute Gasteiger partial charge is 0.481 e. The number of carbonyl (C=O) groups excluding carboxylic acids is 1. The number of carboxylic acid groups (broad SMARTS) is 1. The van der Waals surface area contributed by atoms with Gasteiger partial charge in [0.05, 0.1) is 6.42 Å². The molecule has 0 fully saturated rings. The van der Waals surface area contributed by atoms with Crippen molar-refractivity contribution in [2.24, 2.45) is 5.41 Å². The third-order valence-corrected chi connectivity index (χ3v) is 3.27. The first-order valence-corrected chi connectivity index (χ1v) is 6.77. The molecule has 110 valence electrons. The van der Waals surface area contributed by atoms with Gasteiger partial charge in [0.2, 0.25) is 5.91 Å².